The smallest absolute Gasteiger partial charge is 0.408 e. The highest BCUT2D eigenvalue weighted by Gasteiger charge is 2.56. The minimum Gasteiger partial charge on any atom is -0.440 e. The molecular weight excluding hydrogens is 334 g/mol. The predicted octanol–water partition coefficient (Wildman–Crippen LogP) is 2.09. The number of nitrogens with zero attached hydrogens (tertiary/aromatic N) is 4. The van der Waals surface area contributed by atoms with Crippen LogP contribution in [0.1, 0.15) is 51.8 Å². The molecule has 1 aromatic rings. The highest BCUT2D eigenvalue weighted by atomic mass is 16.6. The molecule has 1 aromatic heterocycles. The van der Waals surface area contributed by atoms with Gasteiger partial charge in [0.15, 0.2) is 5.82 Å². The van der Waals surface area contributed by atoms with Crippen molar-refractivity contribution in [3.05, 3.63) is 5.82 Å². The van der Waals surface area contributed by atoms with Crippen LogP contribution in [0.4, 0.5) is 10.8 Å². The van der Waals surface area contributed by atoms with Crippen LogP contribution in [0.3, 0.4) is 0 Å². The van der Waals surface area contributed by atoms with Crippen LogP contribution in [0, 0.1) is 6.92 Å². The number of piperidine rings is 1. The summed E-state index contributed by atoms with van der Waals surface area (Å²) in [7, 11) is 0. The van der Waals surface area contributed by atoms with E-state index in [0.717, 1.165) is 51.9 Å². The monoisotopic (exact) mass is 363 g/mol. The second-order valence-corrected chi connectivity index (χ2v) is 8.37. The highest BCUT2D eigenvalue weighted by Crippen LogP contribution is 2.41. The molecule has 8 nitrogen and oxygen atoms in total. The summed E-state index contributed by atoms with van der Waals surface area (Å²) in [6, 6.07) is 1.21. The van der Waals surface area contributed by atoms with Crippen LogP contribution in [0.5, 0.6) is 0 Å². The number of carbonyl (C=O) groups is 1. The third kappa shape index (κ3) is 3.04. The maximum absolute atomic E-state index is 11.8. The zero-order valence-electron chi connectivity index (χ0n) is 16.0. The SMILES string of the molecule is Cc1noc(N2CCCC(N3CCC4(CC3)OC(=O)NC4(C)C)CC2)n1. The van der Waals surface area contributed by atoms with Crippen molar-refractivity contribution in [2.45, 2.75) is 70.1 Å². The first-order valence-electron chi connectivity index (χ1n) is 9.69. The van der Waals surface area contributed by atoms with Crippen molar-refractivity contribution in [1.82, 2.24) is 20.4 Å². The van der Waals surface area contributed by atoms with Crippen LogP contribution in [0.2, 0.25) is 0 Å². The molecule has 1 N–H and O–H groups in total. The van der Waals surface area contributed by atoms with Crippen LogP contribution in [0.15, 0.2) is 4.52 Å². The first-order chi connectivity index (χ1) is 12.4. The molecule has 0 saturated carbocycles. The lowest BCUT2D eigenvalue weighted by Gasteiger charge is -2.46. The van der Waals surface area contributed by atoms with Gasteiger partial charge in [-0.05, 0) is 40.0 Å². The lowest BCUT2D eigenvalue weighted by Crippen LogP contribution is -2.59. The Labute approximate surface area is 154 Å². The Morgan fingerprint density at radius 3 is 2.54 bits per heavy atom. The molecule has 1 unspecified atom stereocenters. The lowest BCUT2D eigenvalue weighted by molar-refractivity contribution is -0.0492. The van der Waals surface area contributed by atoms with Crippen molar-refractivity contribution in [3.8, 4) is 0 Å². The molecule has 3 aliphatic rings. The molecule has 0 aliphatic carbocycles. The number of hydrogen-bond donors (Lipinski definition) is 1. The van der Waals surface area contributed by atoms with Crippen molar-refractivity contribution in [2.24, 2.45) is 0 Å². The number of likely N-dealkylation sites (tertiary alicyclic amines) is 1. The standard InChI is InChI=1S/C18H29N5O3/c1-13-19-15(26-21-13)23-9-4-5-14(6-10-23)22-11-7-18(8-12-22)17(2,3)20-16(24)25-18/h14H,4-12H2,1-3H3,(H,20,24). The number of hydrogen-bond acceptors (Lipinski definition) is 7. The molecule has 3 fully saturated rings. The van der Waals surface area contributed by atoms with Gasteiger partial charge in [0.1, 0.15) is 5.60 Å². The molecule has 1 atom stereocenters. The second-order valence-electron chi connectivity index (χ2n) is 8.37. The molecule has 8 heteroatoms. The summed E-state index contributed by atoms with van der Waals surface area (Å²) in [4.78, 5) is 20.9. The molecule has 4 rings (SSSR count). The Kier molecular flexibility index (Phi) is 4.33. The van der Waals surface area contributed by atoms with Gasteiger partial charge in [-0.2, -0.15) is 4.98 Å². The van der Waals surface area contributed by atoms with E-state index in [0.29, 0.717) is 17.9 Å². The van der Waals surface area contributed by atoms with Crippen molar-refractivity contribution in [1.29, 1.82) is 0 Å². The van der Waals surface area contributed by atoms with Gasteiger partial charge in [-0.1, -0.05) is 5.16 Å². The van der Waals surface area contributed by atoms with Gasteiger partial charge >= 0.3 is 12.1 Å². The van der Waals surface area contributed by atoms with Crippen molar-refractivity contribution in [3.63, 3.8) is 0 Å². The minimum absolute atomic E-state index is 0.275. The molecule has 1 spiro atoms. The van der Waals surface area contributed by atoms with Gasteiger partial charge in [0.25, 0.3) is 0 Å². The largest absolute Gasteiger partial charge is 0.440 e. The zero-order valence-corrected chi connectivity index (χ0v) is 16.0. The third-order valence-electron chi connectivity index (χ3n) is 6.45. The summed E-state index contributed by atoms with van der Waals surface area (Å²) < 4.78 is 11.1. The fourth-order valence-electron chi connectivity index (χ4n) is 4.73. The van der Waals surface area contributed by atoms with E-state index in [1.807, 2.05) is 6.92 Å². The first kappa shape index (κ1) is 17.6. The Bertz CT molecular complexity index is 666. The molecular formula is C18H29N5O3. The number of aromatic nitrogens is 2. The summed E-state index contributed by atoms with van der Waals surface area (Å²) in [6.07, 6.45) is 4.90. The second kappa shape index (κ2) is 6.40. The number of ether oxygens (including phenoxy) is 1. The molecule has 0 radical (unpaired) electrons. The summed E-state index contributed by atoms with van der Waals surface area (Å²) in [5, 5.41) is 6.88. The Balaban J connectivity index is 1.36. The van der Waals surface area contributed by atoms with Crippen LogP contribution < -0.4 is 10.2 Å². The van der Waals surface area contributed by atoms with E-state index in [1.54, 1.807) is 0 Å². The van der Waals surface area contributed by atoms with Crippen LogP contribution >= 0.6 is 0 Å². The van der Waals surface area contributed by atoms with Crippen LogP contribution in [-0.2, 0) is 4.74 Å². The number of alkyl carbamates (subject to hydrolysis) is 1. The summed E-state index contributed by atoms with van der Waals surface area (Å²) in [5.74, 6) is 0.685. The highest BCUT2D eigenvalue weighted by molar-refractivity contribution is 5.72. The predicted molar refractivity (Wildman–Crippen MR) is 96.1 cm³/mol. The topological polar surface area (TPSA) is 83.7 Å². The van der Waals surface area contributed by atoms with E-state index in [4.69, 9.17) is 9.26 Å². The van der Waals surface area contributed by atoms with Gasteiger partial charge in [0.2, 0.25) is 0 Å². The van der Waals surface area contributed by atoms with Gasteiger partial charge < -0.3 is 24.4 Å². The van der Waals surface area contributed by atoms with Crippen molar-refractivity contribution < 1.29 is 14.1 Å². The number of rotatable bonds is 2. The first-order valence-corrected chi connectivity index (χ1v) is 9.69. The maximum atomic E-state index is 11.8. The summed E-state index contributed by atoms with van der Waals surface area (Å²) >= 11 is 0. The Morgan fingerprint density at radius 1 is 1.15 bits per heavy atom. The zero-order chi connectivity index (χ0) is 18.4. The number of anilines is 1. The van der Waals surface area contributed by atoms with E-state index in [9.17, 15) is 4.79 Å². The molecule has 26 heavy (non-hydrogen) atoms. The van der Waals surface area contributed by atoms with Gasteiger partial charge in [-0.25, -0.2) is 4.79 Å². The average molecular weight is 363 g/mol. The number of amides is 1. The van der Waals surface area contributed by atoms with Crippen LogP contribution in [-0.4, -0.2) is 64.5 Å². The third-order valence-corrected chi connectivity index (χ3v) is 6.45. The fraction of sp³-hybridized carbons (Fsp3) is 0.833. The summed E-state index contributed by atoms with van der Waals surface area (Å²) in [5.41, 5.74) is -0.662. The number of nitrogens with one attached hydrogen (secondary N) is 1. The maximum Gasteiger partial charge on any atom is 0.408 e. The van der Waals surface area contributed by atoms with Gasteiger partial charge in [-0.3, -0.25) is 0 Å². The molecule has 3 aliphatic heterocycles. The number of carbonyl (C=O) groups excluding carboxylic acids is 1. The van der Waals surface area contributed by atoms with Gasteiger partial charge in [0, 0.05) is 45.1 Å². The minimum atomic E-state index is -0.362. The van der Waals surface area contributed by atoms with E-state index in [1.165, 1.54) is 6.42 Å². The average Bonchev–Trinajstić information content (AvgIpc) is 2.99. The van der Waals surface area contributed by atoms with Gasteiger partial charge in [-0.15, -0.1) is 0 Å². The van der Waals surface area contributed by atoms with Crippen LogP contribution in [0.25, 0.3) is 0 Å². The quantitative estimate of drug-likeness (QED) is 0.861. The summed E-state index contributed by atoms with van der Waals surface area (Å²) in [6.45, 7) is 9.85. The molecule has 144 valence electrons. The Morgan fingerprint density at radius 2 is 1.92 bits per heavy atom. The Hall–Kier alpha value is -1.83. The number of aryl methyl sites for hydroxylation is 1. The van der Waals surface area contributed by atoms with Crippen molar-refractivity contribution in [2.75, 3.05) is 31.1 Å². The molecule has 0 bridgehead atoms. The molecule has 0 aromatic carbocycles. The normalized spacial score (nSPS) is 28.7. The van der Waals surface area contributed by atoms with E-state index in [-0.39, 0.29) is 17.2 Å². The van der Waals surface area contributed by atoms with Gasteiger partial charge in [0.05, 0.1) is 5.54 Å². The molecule has 3 saturated heterocycles. The van der Waals surface area contributed by atoms with Crippen molar-refractivity contribution >= 4 is 12.1 Å². The lowest BCUT2D eigenvalue weighted by atomic mass is 9.76. The van der Waals surface area contributed by atoms with E-state index in [2.05, 4.69) is 39.1 Å². The molecule has 1 amide bonds. The molecule has 4 heterocycles. The fourth-order valence-corrected chi connectivity index (χ4v) is 4.73. The van der Waals surface area contributed by atoms with E-state index < -0.39 is 0 Å². The van der Waals surface area contributed by atoms with E-state index >= 15 is 0 Å².